The molecule has 5 aliphatic heterocycles. The Hall–Kier alpha value is -3.50. The van der Waals surface area contributed by atoms with Crippen LogP contribution in [0.5, 0.6) is 0 Å². The summed E-state index contributed by atoms with van der Waals surface area (Å²) in [5, 5.41) is 35.2. The van der Waals surface area contributed by atoms with E-state index in [4.69, 9.17) is 18.9 Å². The van der Waals surface area contributed by atoms with Crippen molar-refractivity contribution in [1.29, 1.82) is 0 Å². The van der Waals surface area contributed by atoms with E-state index in [2.05, 4.69) is 52.3 Å². The zero-order chi connectivity index (χ0) is 44.9. The summed E-state index contributed by atoms with van der Waals surface area (Å²) in [6, 6.07) is 5.29. The Bertz CT molecular complexity index is 2190. The zero-order valence-electron chi connectivity index (χ0n) is 37.9. The number of nitrogens with zero attached hydrogens (tertiary/aromatic N) is 3. The van der Waals surface area contributed by atoms with Gasteiger partial charge in [0.1, 0.15) is 0 Å². The second-order valence-corrected chi connectivity index (χ2v) is 20.7. The molecule has 9 rings (SSSR count). The normalized spacial score (nSPS) is 40.0. The molecule has 4 fully saturated rings. The second-order valence-electron chi connectivity index (χ2n) is 19.6. The average Bonchev–Trinajstić information content (AvgIpc) is 3.94. The molecular formula is C49H65N3O10S. The molecule has 3 aliphatic carbocycles. The number of rotatable bonds is 10. The Balaban J connectivity index is 1.31. The lowest BCUT2D eigenvalue weighted by atomic mass is 9.47. The minimum Gasteiger partial charge on any atom is -0.468 e. The number of likely N-dealkylation sites (tertiary alicyclic amines) is 1. The number of thioether (sulfide) groups is 1. The maximum atomic E-state index is 15.6. The Morgan fingerprint density at radius 3 is 2.44 bits per heavy atom. The molecule has 0 radical (unpaired) electrons. The number of aliphatic hydroxyl groups excluding tert-OH is 1. The first-order valence-electron chi connectivity index (χ1n) is 22.9. The van der Waals surface area contributed by atoms with E-state index in [-0.39, 0.29) is 24.5 Å². The van der Waals surface area contributed by atoms with Gasteiger partial charge in [0.25, 0.3) is 0 Å². The molecule has 342 valence electrons. The van der Waals surface area contributed by atoms with Gasteiger partial charge in [0.15, 0.2) is 6.10 Å². The van der Waals surface area contributed by atoms with Crippen LogP contribution in [0.25, 0.3) is 5.57 Å². The van der Waals surface area contributed by atoms with Crippen LogP contribution >= 0.6 is 11.8 Å². The molecule has 1 spiro atoms. The summed E-state index contributed by atoms with van der Waals surface area (Å²) in [5.41, 5.74) is -0.198. The zero-order valence-corrected chi connectivity index (χ0v) is 38.7. The van der Waals surface area contributed by atoms with E-state index in [0.29, 0.717) is 70.3 Å². The molecule has 0 amide bonds. The fourth-order valence-electron chi connectivity index (χ4n) is 14.6. The minimum atomic E-state index is -2.29. The predicted molar refractivity (Wildman–Crippen MR) is 237 cm³/mol. The van der Waals surface area contributed by atoms with Crippen LogP contribution in [0.2, 0.25) is 0 Å². The molecule has 8 aliphatic rings. The Morgan fingerprint density at radius 1 is 0.984 bits per heavy atom. The number of esters is 3. The van der Waals surface area contributed by atoms with Crippen LogP contribution in [0.3, 0.4) is 0 Å². The van der Waals surface area contributed by atoms with Crippen LogP contribution in [0.15, 0.2) is 64.2 Å². The van der Waals surface area contributed by atoms with Gasteiger partial charge in [0.05, 0.1) is 44.0 Å². The van der Waals surface area contributed by atoms with Crippen molar-refractivity contribution >= 4 is 35.2 Å². The molecule has 1 aromatic carbocycles. The van der Waals surface area contributed by atoms with Crippen molar-refractivity contribution in [2.75, 3.05) is 73.5 Å². The van der Waals surface area contributed by atoms with Crippen molar-refractivity contribution in [3.63, 3.8) is 0 Å². The van der Waals surface area contributed by atoms with Crippen molar-refractivity contribution in [3.8, 4) is 0 Å². The van der Waals surface area contributed by atoms with E-state index in [1.807, 2.05) is 25.8 Å². The average molecular weight is 888 g/mol. The number of benzene rings is 1. The van der Waals surface area contributed by atoms with Crippen LogP contribution in [-0.4, -0.2) is 157 Å². The lowest BCUT2D eigenvalue weighted by Gasteiger charge is -2.63. The molecule has 14 heteroatoms. The maximum Gasteiger partial charge on any atom is 0.344 e. The number of methoxy groups -OCH3 is 3. The highest BCUT2D eigenvalue weighted by Gasteiger charge is 2.81. The van der Waals surface area contributed by atoms with Crippen molar-refractivity contribution < 1.29 is 48.7 Å². The lowest BCUT2D eigenvalue weighted by molar-refractivity contribution is -0.243. The number of ether oxygens (including phenoxy) is 4. The molecule has 63 heavy (non-hydrogen) atoms. The van der Waals surface area contributed by atoms with E-state index in [1.165, 1.54) is 21.1 Å². The summed E-state index contributed by atoms with van der Waals surface area (Å²) >= 11 is 1.61. The molecule has 0 aromatic heterocycles. The quantitative estimate of drug-likeness (QED) is 0.133. The third kappa shape index (κ3) is 6.28. The summed E-state index contributed by atoms with van der Waals surface area (Å²) in [7, 11) is 6.30. The Labute approximate surface area is 375 Å². The van der Waals surface area contributed by atoms with Gasteiger partial charge in [0, 0.05) is 86.4 Å². The third-order valence-corrected chi connectivity index (χ3v) is 17.8. The van der Waals surface area contributed by atoms with Gasteiger partial charge < -0.3 is 39.2 Å². The largest absolute Gasteiger partial charge is 0.468 e. The number of hydrogen-bond donors (Lipinski definition) is 3. The number of carbonyl (C=O) groups excluding carboxylic acids is 3. The fraction of sp³-hybridized carbons (Fsp3) is 0.653. The molecule has 3 unspecified atom stereocenters. The lowest BCUT2D eigenvalue weighted by Crippen LogP contribution is -2.79. The van der Waals surface area contributed by atoms with E-state index in [9.17, 15) is 24.9 Å². The van der Waals surface area contributed by atoms with Crippen molar-refractivity contribution in [2.24, 2.45) is 28.1 Å². The number of hydrogen-bond acceptors (Lipinski definition) is 14. The van der Waals surface area contributed by atoms with Gasteiger partial charge in [-0.05, 0) is 103 Å². The summed E-state index contributed by atoms with van der Waals surface area (Å²) in [6.45, 7) is 8.78. The molecule has 13 nitrogen and oxygen atoms in total. The van der Waals surface area contributed by atoms with Gasteiger partial charge in [-0.15, -0.1) is 11.8 Å². The summed E-state index contributed by atoms with van der Waals surface area (Å²) in [4.78, 5) is 51.0. The topological polar surface area (TPSA) is 159 Å². The Kier molecular flexibility index (Phi) is 11.4. The third-order valence-electron chi connectivity index (χ3n) is 16.8. The highest BCUT2D eigenvalue weighted by atomic mass is 32.2. The molecule has 3 saturated heterocycles. The SMILES string of the molecule is CC[C@]1(O)C[C@H]2CN(CCC3=C(Cc4ccc(SCCO)cc43)[C@@](C(=O)OC)(C3C=C4C(=CC3OC)N(C)[C@H]3[C@@](O)(C(=O)OC)[C@H](OC(C)=O)[C@]5(CC)C=CCN6CC[C@]43[C@@H]65)C2)C1. The van der Waals surface area contributed by atoms with Crippen LogP contribution in [0.1, 0.15) is 70.4 Å². The molecule has 12 atom stereocenters. The highest BCUT2D eigenvalue weighted by Crippen LogP contribution is 2.71. The van der Waals surface area contributed by atoms with E-state index < -0.39 is 63.6 Å². The first-order chi connectivity index (χ1) is 30.2. The minimum absolute atomic E-state index is 0.0609. The van der Waals surface area contributed by atoms with Gasteiger partial charge in [-0.25, -0.2) is 4.79 Å². The number of carbonyl (C=O) groups is 3. The standard InChI is InChI=1S/C49H65N3O10S/c1-8-45(57)25-30-26-48(43(55)60-6,35-21-31-11-12-32(63-20-19-53)22-34(31)33(35)13-17-51(27-30)28-45)37-23-36-38(24-39(37)59-5)50(4)41-47(36)15-18-52-16-10-14-46(9-2,40(47)52)42(62-29(3)54)49(41,58)44(56)61-7/h10-12,14,22-24,30,37,39-42,53,57-58H,8-9,13,15-21,25-28H2,1-7H3/t30-,37?,39?,40+,41-,42-,45+,46-,47-,48-,49+/m1/s1. The maximum absolute atomic E-state index is 15.6. The van der Waals surface area contributed by atoms with Crippen molar-refractivity contribution in [1.82, 2.24) is 14.7 Å². The predicted octanol–water partition coefficient (Wildman–Crippen LogP) is 4.14. The smallest absolute Gasteiger partial charge is 0.344 e. The molecule has 2 bridgehead atoms. The van der Waals surface area contributed by atoms with Crippen molar-refractivity contribution in [3.05, 3.63) is 70.5 Å². The molecule has 1 aromatic rings. The summed E-state index contributed by atoms with van der Waals surface area (Å²) in [6.07, 6.45) is 10.4. The van der Waals surface area contributed by atoms with Gasteiger partial charge in [-0.1, -0.05) is 38.1 Å². The summed E-state index contributed by atoms with van der Waals surface area (Å²) in [5.74, 6) is -1.90. The number of fused-ring (bicyclic) bond motifs is 5. The van der Waals surface area contributed by atoms with Gasteiger partial charge >= 0.3 is 17.9 Å². The Morgan fingerprint density at radius 2 is 1.76 bits per heavy atom. The van der Waals surface area contributed by atoms with E-state index >= 15 is 4.79 Å². The number of likely N-dealkylation sites (N-methyl/N-ethyl adjacent to an activating group) is 1. The van der Waals surface area contributed by atoms with Crippen LogP contribution < -0.4 is 0 Å². The monoisotopic (exact) mass is 887 g/mol. The number of allylic oxidation sites excluding steroid dienone is 1. The molecule has 3 N–H and O–H groups in total. The second kappa shape index (κ2) is 16.1. The fourth-order valence-corrected chi connectivity index (χ4v) is 15.3. The van der Waals surface area contributed by atoms with Crippen LogP contribution in [0.4, 0.5) is 0 Å². The van der Waals surface area contributed by atoms with Gasteiger partial charge in [0.2, 0.25) is 5.60 Å². The van der Waals surface area contributed by atoms with Crippen LogP contribution in [-0.2, 0) is 39.8 Å². The first-order valence-corrected chi connectivity index (χ1v) is 23.9. The van der Waals surface area contributed by atoms with E-state index in [1.54, 1.807) is 18.9 Å². The molecule has 5 heterocycles. The highest BCUT2D eigenvalue weighted by molar-refractivity contribution is 7.99. The molecular weight excluding hydrogens is 823 g/mol. The first kappa shape index (κ1) is 44.7. The van der Waals surface area contributed by atoms with Crippen LogP contribution in [0, 0.1) is 28.1 Å². The van der Waals surface area contributed by atoms with E-state index in [0.717, 1.165) is 51.5 Å². The number of piperidine rings is 1. The van der Waals surface area contributed by atoms with Crippen molar-refractivity contribution in [2.45, 2.75) is 106 Å². The summed E-state index contributed by atoms with van der Waals surface area (Å²) < 4.78 is 24.3. The number of aliphatic hydroxyl groups is 3. The molecule has 1 saturated carbocycles. The van der Waals surface area contributed by atoms with Gasteiger partial charge in [-0.3, -0.25) is 19.4 Å². The van der Waals surface area contributed by atoms with Gasteiger partial charge in [-0.2, -0.15) is 0 Å².